The Bertz CT molecular complexity index is 144. The maximum atomic E-state index is 10.8. The van der Waals surface area contributed by atoms with Crippen molar-refractivity contribution in [2.75, 3.05) is 13.7 Å². The fourth-order valence-corrected chi connectivity index (χ4v) is 0.448. The summed E-state index contributed by atoms with van der Waals surface area (Å²) in [6.45, 7) is 2.38. The summed E-state index contributed by atoms with van der Waals surface area (Å²) >= 11 is 0. The van der Waals surface area contributed by atoms with Gasteiger partial charge in [0.25, 0.3) is 0 Å². The number of rotatable bonds is 2. The molecule has 0 bridgehead atoms. The summed E-state index contributed by atoms with van der Waals surface area (Å²) in [7, 11) is 1.57. The molecule has 0 saturated carbocycles. The number of carbonyl (C=O) groups is 1. The van der Waals surface area contributed by atoms with Gasteiger partial charge >= 0.3 is 6.09 Å². The van der Waals surface area contributed by atoms with E-state index >= 15 is 0 Å². The van der Waals surface area contributed by atoms with Crippen LogP contribution in [0.2, 0.25) is 0 Å². The van der Waals surface area contributed by atoms with E-state index in [4.69, 9.17) is 4.74 Å². The van der Waals surface area contributed by atoms with E-state index in [2.05, 4.69) is 10.5 Å². The van der Waals surface area contributed by atoms with Crippen molar-refractivity contribution >= 4 is 6.09 Å². The maximum Gasteiger partial charge on any atom is 0.574 e. The first kappa shape index (κ1) is 7.46. The van der Waals surface area contributed by atoms with Gasteiger partial charge in [0, 0.05) is 4.76 Å². The monoisotopic (exact) mass is 147 g/mol. The van der Waals surface area contributed by atoms with Crippen molar-refractivity contribution in [1.82, 2.24) is 5.59 Å². The Morgan fingerprint density at radius 1 is 1.80 bits per heavy atom. The quantitative estimate of drug-likeness (QED) is 0.452. The molecule has 1 saturated heterocycles. The molecule has 5 nitrogen and oxygen atoms in total. The van der Waals surface area contributed by atoms with Crippen LogP contribution in [-0.4, -0.2) is 24.5 Å². The molecule has 1 fully saturated rings. The molecule has 10 heavy (non-hydrogen) atoms. The minimum Gasteiger partial charge on any atom is -0.416 e. The average molecular weight is 147 g/mol. The molecule has 0 aliphatic carbocycles. The Labute approximate surface area is 59.0 Å². The summed E-state index contributed by atoms with van der Waals surface area (Å²) in [4.78, 5) is 15.4. The normalized spacial score (nSPS) is 29.8. The van der Waals surface area contributed by atoms with Crippen LogP contribution in [0.3, 0.4) is 0 Å². The number of amides is 1. The van der Waals surface area contributed by atoms with Gasteiger partial charge < -0.3 is 4.74 Å². The molecular formula is C5H11N2O3+. The van der Waals surface area contributed by atoms with Crippen molar-refractivity contribution in [3.63, 3.8) is 0 Å². The second-order valence-electron chi connectivity index (χ2n) is 2.22. The van der Waals surface area contributed by atoms with E-state index in [-0.39, 0.29) is 4.76 Å². The number of nitrogens with zero attached hydrogens (tertiary/aromatic N) is 1. The zero-order valence-electron chi connectivity index (χ0n) is 6.09. The van der Waals surface area contributed by atoms with Crippen LogP contribution >= 0.6 is 0 Å². The Morgan fingerprint density at radius 2 is 2.40 bits per heavy atom. The van der Waals surface area contributed by atoms with Crippen molar-refractivity contribution in [2.24, 2.45) is 0 Å². The highest BCUT2D eigenvalue weighted by Gasteiger charge is 2.53. The largest absolute Gasteiger partial charge is 0.574 e. The topological polar surface area (TPSA) is 60.8 Å². The summed E-state index contributed by atoms with van der Waals surface area (Å²) in [5.41, 5.74) is 2.38. The van der Waals surface area contributed by atoms with Gasteiger partial charge in [0.15, 0.2) is 0 Å². The number of hydrogen-bond donors (Lipinski definition) is 1. The van der Waals surface area contributed by atoms with Crippen LogP contribution in [0.5, 0.6) is 0 Å². The summed E-state index contributed by atoms with van der Waals surface area (Å²) in [6.07, 6.45) is 0.424. The van der Waals surface area contributed by atoms with Crippen molar-refractivity contribution < 1.29 is 19.2 Å². The molecule has 0 spiro atoms. The predicted octanol–water partition coefficient (Wildman–Crippen LogP) is 0.344. The summed E-state index contributed by atoms with van der Waals surface area (Å²) in [5.74, 6) is 0. The number of nitrogens with one attached hydrogen (secondary N) is 1. The van der Waals surface area contributed by atoms with Crippen molar-refractivity contribution in [3.05, 3.63) is 0 Å². The third kappa shape index (κ3) is 1.44. The first-order chi connectivity index (χ1) is 4.69. The molecule has 1 atom stereocenters. The predicted molar refractivity (Wildman–Crippen MR) is 32.0 cm³/mol. The highest BCUT2D eigenvalue weighted by molar-refractivity contribution is 5.58. The first-order valence-corrected chi connectivity index (χ1v) is 3.19. The van der Waals surface area contributed by atoms with E-state index in [9.17, 15) is 4.79 Å². The molecular weight excluding hydrogens is 136 g/mol. The van der Waals surface area contributed by atoms with Gasteiger partial charge in [-0.05, 0) is 11.4 Å². The molecule has 1 N–H and O–H groups in total. The van der Waals surface area contributed by atoms with Crippen LogP contribution in [0.25, 0.3) is 0 Å². The minimum atomic E-state index is -0.401. The van der Waals surface area contributed by atoms with Gasteiger partial charge in [0.1, 0.15) is 7.05 Å². The van der Waals surface area contributed by atoms with Gasteiger partial charge in [0.05, 0.1) is 12.2 Å². The lowest BCUT2D eigenvalue weighted by molar-refractivity contribution is -0.837. The van der Waals surface area contributed by atoms with E-state index in [1.807, 2.05) is 6.92 Å². The summed E-state index contributed by atoms with van der Waals surface area (Å²) < 4.78 is 4.50. The lowest BCUT2D eigenvalue weighted by Crippen LogP contribution is -2.32. The van der Waals surface area contributed by atoms with E-state index in [1.165, 1.54) is 0 Å². The SMILES string of the molecule is CCCOC(=O)[N+]1(C)NO1. The first-order valence-electron chi connectivity index (χ1n) is 3.19. The van der Waals surface area contributed by atoms with E-state index in [0.29, 0.717) is 6.61 Å². The van der Waals surface area contributed by atoms with E-state index < -0.39 is 6.09 Å². The van der Waals surface area contributed by atoms with Crippen LogP contribution in [0.4, 0.5) is 4.79 Å². The van der Waals surface area contributed by atoms with Crippen LogP contribution < -0.4 is 5.59 Å². The molecule has 0 aromatic carbocycles. The number of hydroxylamine groups is 2. The molecule has 0 aromatic rings. The lowest BCUT2D eigenvalue weighted by Gasteiger charge is -1.99. The minimum absolute atomic E-state index is 0.264. The third-order valence-corrected chi connectivity index (χ3v) is 1.14. The molecule has 58 valence electrons. The fraction of sp³-hybridized carbons (Fsp3) is 0.800. The number of hydrogen-bond acceptors (Lipinski definition) is 4. The Hall–Kier alpha value is -0.650. The Kier molecular flexibility index (Phi) is 1.89. The second kappa shape index (κ2) is 2.53. The molecule has 1 aliphatic rings. The third-order valence-electron chi connectivity index (χ3n) is 1.14. The molecule has 1 unspecified atom stereocenters. The van der Waals surface area contributed by atoms with Crippen LogP contribution in [0.1, 0.15) is 13.3 Å². The highest BCUT2D eigenvalue weighted by Crippen LogP contribution is 2.13. The molecule has 5 heteroatoms. The van der Waals surface area contributed by atoms with Gasteiger partial charge in [-0.3, -0.25) is 0 Å². The maximum absolute atomic E-state index is 10.8. The van der Waals surface area contributed by atoms with Crippen molar-refractivity contribution in [3.8, 4) is 0 Å². The van der Waals surface area contributed by atoms with Gasteiger partial charge in [-0.25, -0.2) is 0 Å². The molecule has 0 radical (unpaired) electrons. The average Bonchev–Trinajstić information content (AvgIpc) is 2.64. The van der Waals surface area contributed by atoms with Gasteiger partial charge in [-0.2, -0.15) is 4.79 Å². The smallest absolute Gasteiger partial charge is 0.416 e. The number of quaternary nitrogens is 1. The van der Waals surface area contributed by atoms with Crippen LogP contribution in [-0.2, 0) is 9.68 Å². The van der Waals surface area contributed by atoms with Crippen molar-refractivity contribution in [2.45, 2.75) is 13.3 Å². The molecule has 0 aromatic heterocycles. The van der Waals surface area contributed by atoms with Crippen LogP contribution in [0.15, 0.2) is 0 Å². The van der Waals surface area contributed by atoms with E-state index in [1.54, 1.807) is 7.05 Å². The van der Waals surface area contributed by atoms with Crippen molar-refractivity contribution in [1.29, 1.82) is 0 Å². The summed E-state index contributed by atoms with van der Waals surface area (Å²) in [6, 6.07) is 0. The molecule has 1 heterocycles. The van der Waals surface area contributed by atoms with Crippen LogP contribution in [0, 0.1) is 0 Å². The lowest BCUT2D eigenvalue weighted by atomic mass is 10.5. The number of carbonyl (C=O) groups excluding carboxylic acids is 1. The molecule has 1 aliphatic heterocycles. The van der Waals surface area contributed by atoms with Gasteiger partial charge in [0.2, 0.25) is 0 Å². The van der Waals surface area contributed by atoms with Gasteiger partial charge in [-0.15, -0.1) is 0 Å². The zero-order valence-corrected chi connectivity index (χ0v) is 6.09. The summed E-state index contributed by atoms with van der Waals surface area (Å²) in [5, 5.41) is 0. The Balaban J connectivity index is 2.22. The Morgan fingerprint density at radius 3 is 2.80 bits per heavy atom. The fourth-order valence-electron chi connectivity index (χ4n) is 0.448. The molecule has 1 rings (SSSR count). The highest BCUT2D eigenvalue weighted by atomic mass is 17.1. The second-order valence-corrected chi connectivity index (χ2v) is 2.22. The zero-order chi connectivity index (χ0) is 7.61. The van der Waals surface area contributed by atoms with Gasteiger partial charge in [-0.1, -0.05) is 6.92 Å². The molecule has 1 amide bonds. The number of ether oxygens (including phenoxy) is 1. The van der Waals surface area contributed by atoms with E-state index in [0.717, 1.165) is 6.42 Å². The standard InChI is InChI=1S/C5H11N2O3/c1-3-4-9-5(8)7(2)6-10-7/h6H,3-4H2,1-2H3/q+1.